The van der Waals surface area contributed by atoms with Gasteiger partial charge < -0.3 is 9.47 Å². The number of hydrogen-bond acceptors (Lipinski definition) is 5. The van der Waals surface area contributed by atoms with Crippen LogP contribution in [0.15, 0.2) is 66.2 Å². The maximum Gasteiger partial charge on any atom is 0.335 e. The molecule has 0 unspecified atom stereocenters. The minimum Gasteiger partial charge on any atom is -0.490 e. The Balaban J connectivity index is 1.64. The molecule has 1 saturated heterocycles. The maximum absolute atomic E-state index is 13.2. The van der Waals surface area contributed by atoms with Crippen LogP contribution >= 0.6 is 23.2 Å². The zero-order chi connectivity index (χ0) is 26.5. The molecule has 0 aromatic heterocycles. The molecular formula is C28H24Cl2N2O5. The van der Waals surface area contributed by atoms with Crippen molar-refractivity contribution < 1.29 is 23.9 Å². The Hall–Kier alpha value is -3.81. The van der Waals surface area contributed by atoms with Crippen molar-refractivity contribution >= 4 is 52.8 Å². The average molecular weight is 539 g/mol. The molecule has 1 aliphatic rings. The molecule has 0 spiro atoms. The summed E-state index contributed by atoms with van der Waals surface area (Å²) in [5, 5.41) is 3.08. The number of urea groups is 1. The Morgan fingerprint density at radius 3 is 2.22 bits per heavy atom. The number of barbiturate groups is 1. The molecular weight excluding hydrogens is 515 g/mol. The first-order valence-electron chi connectivity index (χ1n) is 11.6. The number of aryl methyl sites for hydroxylation is 1. The van der Waals surface area contributed by atoms with E-state index in [1.54, 1.807) is 36.4 Å². The minimum absolute atomic E-state index is 0.215. The number of hydrogen-bond donors (Lipinski definition) is 1. The first-order chi connectivity index (χ1) is 17.8. The molecule has 0 aliphatic carbocycles. The van der Waals surface area contributed by atoms with Gasteiger partial charge in [-0.25, -0.2) is 9.69 Å². The van der Waals surface area contributed by atoms with E-state index in [4.69, 9.17) is 32.7 Å². The molecule has 1 aliphatic heterocycles. The van der Waals surface area contributed by atoms with Crippen LogP contribution in [0.3, 0.4) is 0 Å². The van der Waals surface area contributed by atoms with E-state index in [9.17, 15) is 14.4 Å². The summed E-state index contributed by atoms with van der Waals surface area (Å²) < 4.78 is 11.6. The third-order valence-corrected chi connectivity index (χ3v) is 6.18. The Labute approximate surface area is 224 Å². The maximum atomic E-state index is 13.2. The second kappa shape index (κ2) is 11.5. The summed E-state index contributed by atoms with van der Waals surface area (Å²) in [5.41, 5.74) is 2.51. The summed E-state index contributed by atoms with van der Waals surface area (Å²) in [6, 6.07) is 16.6. The quantitative estimate of drug-likeness (QED) is 0.272. The molecule has 0 radical (unpaired) electrons. The number of amides is 4. The van der Waals surface area contributed by atoms with Gasteiger partial charge in [-0.2, -0.15) is 0 Å². The van der Waals surface area contributed by atoms with Gasteiger partial charge in [0.2, 0.25) is 0 Å². The van der Waals surface area contributed by atoms with Crippen molar-refractivity contribution in [2.45, 2.75) is 26.9 Å². The molecule has 3 aromatic rings. The lowest BCUT2D eigenvalue weighted by molar-refractivity contribution is -0.122. The second-order valence-electron chi connectivity index (χ2n) is 8.16. The monoisotopic (exact) mass is 538 g/mol. The molecule has 7 nitrogen and oxygen atoms in total. The normalized spacial score (nSPS) is 14.6. The third kappa shape index (κ3) is 5.96. The average Bonchev–Trinajstić information content (AvgIpc) is 2.87. The number of nitrogens with one attached hydrogen (secondary N) is 1. The summed E-state index contributed by atoms with van der Waals surface area (Å²) in [5.74, 6) is -0.862. The number of carbonyl (C=O) groups excluding carboxylic acids is 3. The Bertz CT molecular complexity index is 1370. The summed E-state index contributed by atoms with van der Waals surface area (Å²) in [7, 11) is 0. The molecule has 1 N–H and O–H groups in total. The van der Waals surface area contributed by atoms with Crippen LogP contribution < -0.4 is 19.7 Å². The fraction of sp³-hybridized carbons (Fsp3) is 0.179. The number of halogens is 2. The second-order valence-corrected chi connectivity index (χ2v) is 9.00. The van der Waals surface area contributed by atoms with Crippen molar-refractivity contribution in [1.82, 2.24) is 5.32 Å². The first-order valence-corrected chi connectivity index (χ1v) is 12.4. The van der Waals surface area contributed by atoms with Gasteiger partial charge in [0.25, 0.3) is 11.8 Å². The fourth-order valence-electron chi connectivity index (χ4n) is 3.75. The summed E-state index contributed by atoms with van der Waals surface area (Å²) in [4.78, 5) is 39.3. The van der Waals surface area contributed by atoms with Gasteiger partial charge in [0, 0.05) is 5.02 Å². The molecule has 3 aromatic carbocycles. The van der Waals surface area contributed by atoms with Gasteiger partial charge in [-0.05, 0) is 72.5 Å². The van der Waals surface area contributed by atoms with Crippen LogP contribution in [-0.2, 0) is 22.6 Å². The lowest BCUT2D eigenvalue weighted by Crippen LogP contribution is -2.54. The minimum atomic E-state index is -0.810. The van der Waals surface area contributed by atoms with Crippen molar-refractivity contribution in [3.8, 4) is 11.5 Å². The van der Waals surface area contributed by atoms with Gasteiger partial charge in [0.15, 0.2) is 11.5 Å². The van der Waals surface area contributed by atoms with E-state index >= 15 is 0 Å². The van der Waals surface area contributed by atoms with Crippen LogP contribution in [0.4, 0.5) is 10.5 Å². The molecule has 9 heteroatoms. The van der Waals surface area contributed by atoms with Crippen LogP contribution in [0, 0.1) is 0 Å². The zero-order valence-corrected chi connectivity index (χ0v) is 21.7. The molecule has 0 bridgehead atoms. The van der Waals surface area contributed by atoms with Gasteiger partial charge in [-0.15, -0.1) is 0 Å². The number of anilines is 1. The van der Waals surface area contributed by atoms with Crippen molar-refractivity contribution in [1.29, 1.82) is 0 Å². The number of benzene rings is 3. The van der Waals surface area contributed by atoms with Crippen LogP contribution in [0.2, 0.25) is 10.0 Å². The van der Waals surface area contributed by atoms with Crippen LogP contribution in [-0.4, -0.2) is 24.5 Å². The van der Waals surface area contributed by atoms with E-state index in [1.165, 1.54) is 6.08 Å². The van der Waals surface area contributed by atoms with E-state index in [2.05, 4.69) is 5.32 Å². The van der Waals surface area contributed by atoms with Crippen molar-refractivity contribution in [2.75, 3.05) is 11.5 Å². The summed E-state index contributed by atoms with van der Waals surface area (Å²) >= 11 is 12.5. The summed E-state index contributed by atoms with van der Waals surface area (Å²) in [6.45, 7) is 4.38. The zero-order valence-electron chi connectivity index (χ0n) is 20.2. The molecule has 0 atom stereocenters. The standard InChI is InChI=1S/C28H24Cl2N2O5/c1-3-17-7-11-21(12-8-17)32-27(34)22(26(33)31-28(32)35)13-19-14-23(30)25(24(15-19)36-4-2)37-16-18-5-9-20(29)10-6-18/h5-15H,3-4,16H2,1-2H3,(H,31,33,35)/b22-13-. The van der Waals surface area contributed by atoms with E-state index in [1.807, 2.05) is 38.1 Å². The van der Waals surface area contributed by atoms with Crippen molar-refractivity contribution in [3.63, 3.8) is 0 Å². The van der Waals surface area contributed by atoms with Crippen LogP contribution in [0.1, 0.15) is 30.5 Å². The lowest BCUT2D eigenvalue weighted by Gasteiger charge is -2.26. The topological polar surface area (TPSA) is 84.9 Å². The SMILES string of the molecule is CCOc1cc(/C=C2/C(=O)NC(=O)N(c3ccc(CC)cc3)C2=O)cc(Cl)c1OCc1ccc(Cl)cc1. The van der Waals surface area contributed by atoms with Gasteiger partial charge in [-0.1, -0.05) is 54.4 Å². The first kappa shape index (κ1) is 26.3. The Morgan fingerprint density at radius 1 is 0.892 bits per heavy atom. The largest absolute Gasteiger partial charge is 0.490 e. The highest BCUT2D eigenvalue weighted by molar-refractivity contribution is 6.39. The number of nitrogens with zero attached hydrogens (tertiary/aromatic N) is 1. The number of ether oxygens (including phenoxy) is 2. The molecule has 1 fully saturated rings. The molecule has 1 heterocycles. The lowest BCUT2D eigenvalue weighted by atomic mass is 10.1. The van der Waals surface area contributed by atoms with Crippen LogP contribution in [0.25, 0.3) is 6.08 Å². The van der Waals surface area contributed by atoms with E-state index in [-0.39, 0.29) is 17.2 Å². The van der Waals surface area contributed by atoms with Gasteiger partial charge in [0.05, 0.1) is 17.3 Å². The molecule has 4 rings (SSSR count). The molecule has 190 valence electrons. The molecule has 37 heavy (non-hydrogen) atoms. The van der Waals surface area contributed by atoms with E-state index < -0.39 is 17.8 Å². The predicted octanol–water partition coefficient (Wildman–Crippen LogP) is 6.20. The smallest absolute Gasteiger partial charge is 0.335 e. The van der Waals surface area contributed by atoms with Gasteiger partial charge >= 0.3 is 6.03 Å². The third-order valence-electron chi connectivity index (χ3n) is 5.64. The highest BCUT2D eigenvalue weighted by atomic mass is 35.5. The molecule has 4 amide bonds. The fourth-order valence-corrected chi connectivity index (χ4v) is 4.15. The Kier molecular flexibility index (Phi) is 8.16. The van der Waals surface area contributed by atoms with Gasteiger partial charge in [0.1, 0.15) is 12.2 Å². The van der Waals surface area contributed by atoms with Crippen LogP contribution in [0.5, 0.6) is 11.5 Å². The highest BCUT2D eigenvalue weighted by Crippen LogP contribution is 2.38. The summed E-state index contributed by atoms with van der Waals surface area (Å²) in [6.07, 6.45) is 2.18. The Morgan fingerprint density at radius 2 is 1.57 bits per heavy atom. The van der Waals surface area contributed by atoms with E-state index in [0.717, 1.165) is 22.4 Å². The van der Waals surface area contributed by atoms with Crippen molar-refractivity contribution in [3.05, 3.63) is 93.0 Å². The van der Waals surface area contributed by atoms with Crippen molar-refractivity contribution in [2.24, 2.45) is 0 Å². The number of imide groups is 2. The molecule has 0 saturated carbocycles. The predicted molar refractivity (Wildman–Crippen MR) is 143 cm³/mol. The number of rotatable bonds is 8. The van der Waals surface area contributed by atoms with E-state index in [0.29, 0.717) is 34.4 Å². The highest BCUT2D eigenvalue weighted by Gasteiger charge is 2.36. The number of carbonyl (C=O) groups is 3. The van der Waals surface area contributed by atoms with Gasteiger partial charge in [-0.3, -0.25) is 14.9 Å².